The number of nitrogens with one attached hydrogen (secondary N) is 2. The van der Waals surface area contributed by atoms with Gasteiger partial charge in [0.25, 0.3) is 0 Å². The van der Waals surface area contributed by atoms with E-state index in [4.69, 9.17) is 5.73 Å². The maximum Gasteiger partial charge on any atom is 0.421 e. The third kappa shape index (κ3) is 5.89. The molecule has 0 aromatic carbocycles. The zero-order valence-electron chi connectivity index (χ0n) is 9.69. The Balaban J connectivity index is 4.39. The molecule has 4 N–H and O–H groups in total. The van der Waals surface area contributed by atoms with Crippen LogP contribution in [0.25, 0.3) is 0 Å². The molecule has 96 valence electrons. The fourth-order valence-corrected chi connectivity index (χ4v) is 2.06. The van der Waals surface area contributed by atoms with Crippen molar-refractivity contribution < 1.29 is 17.9 Å². The topological polar surface area (TPSA) is 111 Å². The van der Waals surface area contributed by atoms with Crippen molar-refractivity contribution in [3.05, 3.63) is 0 Å². The second-order valence-electron chi connectivity index (χ2n) is 3.53. The highest BCUT2D eigenvalue weighted by molar-refractivity contribution is 7.88. The normalized spacial score (nSPS) is 13.6. The van der Waals surface area contributed by atoms with E-state index in [1.165, 1.54) is 0 Å². The van der Waals surface area contributed by atoms with Gasteiger partial charge in [0, 0.05) is 12.6 Å². The molecule has 0 aromatic rings. The lowest BCUT2D eigenvalue weighted by Gasteiger charge is -2.20. The van der Waals surface area contributed by atoms with Crippen molar-refractivity contribution >= 4 is 16.3 Å². The summed E-state index contributed by atoms with van der Waals surface area (Å²) in [4.78, 5) is 10.9. The number of carbonyl (C=O) groups is 1. The fourth-order valence-electron chi connectivity index (χ4n) is 0.955. The van der Waals surface area contributed by atoms with Gasteiger partial charge in [-0.2, -0.15) is 13.1 Å². The molecular weight excluding hydrogens is 234 g/mol. The molecule has 0 saturated heterocycles. The van der Waals surface area contributed by atoms with E-state index in [2.05, 4.69) is 9.46 Å². The SMILES string of the molecule is CCOC(=O)NS(=O)(=O)NC(CN)C(C)C. The van der Waals surface area contributed by atoms with E-state index < -0.39 is 22.3 Å². The predicted molar refractivity (Wildman–Crippen MR) is 59.9 cm³/mol. The van der Waals surface area contributed by atoms with Gasteiger partial charge in [-0.25, -0.2) is 9.52 Å². The van der Waals surface area contributed by atoms with E-state index in [0.717, 1.165) is 0 Å². The van der Waals surface area contributed by atoms with Gasteiger partial charge in [-0.1, -0.05) is 13.8 Å². The lowest BCUT2D eigenvalue weighted by Crippen LogP contribution is -2.49. The van der Waals surface area contributed by atoms with Crippen LogP contribution in [0.1, 0.15) is 20.8 Å². The van der Waals surface area contributed by atoms with Crippen molar-refractivity contribution in [2.24, 2.45) is 11.7 Å². The smallest absolute Gasteiger partial charge is 0.421 e. The second-order valence-corrected chi connectivity index (χ2v) is 4.98. The molecule has 0 saturated carbocycles. The molecule has 16 heavy (non-hydrogen) atoms. The maximum atomic E-state index is 11.4. The van der Waals surface area contributed by atoms with Crippen molar-refractivity contribution in [3.63, 3.8) is 0 Å². The van der Waals surface area contributed by atoms with E-state index in [9.17, 15) is 13.2 Å². The first-order valence-electron chi connectivity index (χ1n) is 4.99. The summed E-state index contributed by atoms with van der Waals surface area (Å²) in [6, 6.07) is -0.424. The average Bonchev–Trinajstić information content (AvgIpc) is 2.13. The largest absolute Gasteiger partial charge is 0.449 e. The minimum absolute atomic E-state index is 0.0313. The Hall–Kier alpha value is -0.860. The number of rotatable bonds is 6. The van der Waals surface area contributed by atoms with Gasteiger partial charge < -0.3 is 10.5 Å². The first-order valence-corrected chi connectivity index (χ1v) is 6.47. The first kappa shape index (κ1) is 15.1. The summed E-state index contributed by atoms with van der Waals surface area (Å²) in [6.45, 7) is 5.48. The van der Waals surface area contributed by atoms with Gasteiger partial charge in [0.1, 0.15) is 0 Å². The van der Waals surface area contributed by atoms with Crippen LogP contribution >= 0.6 is 0 Å². The van der Waals surface area contributed by atoms with Crippen LogP contribution in [0.2, 0.25) is 0 Å². The molecule has 1 atom stereocenters. The van der Waals surface area contributed by atoms with Crippen molar-refractivity contribution in [2.75, 3.05) is 13.2 Å². The second kappa shape index (κ2) is 6.66. The van der Waals surface area contributed by atoms with Crippen molar-refractivity contribution in [1.82, 2.24) is 9.44 Å². The van der Waals surface area contributed by atoms with Gasteiger partial charge in [-0.15, -0.1) is 0 Å². The van der Waals surface area contributed by atoms with Crippen LogP contribution in [0.4, 0.5) is 4.79 Å². The molecule has 7 nitrogen and oxygen atoms in total. The summed E-state index contributed by atoms with van der Waals surface area (Å²) in [7, 11) is -3.91. The molecule has 1 unspecified atom stereocenters. The first-order chi connectivity index (χ1) is 7.32. The molecule has 1 amide bonds. The average molecular weight is 253 g/mol. The van der Waals surface area contributed by atoms with Crippen molar-refractivity contribution in [3.8, 4) is 0 Å². The lowest BCUT2D eigenvalue weighted by atomic mass is 10.1. The van der Waals surface area contributed by atoms with Crippen LogP contribution in [0.3, 0.4) is 0 Å². The molecule has 0 heterocycles. The van der Waals surface area contributed by atoms with Gasteiger partial charge in [-0.05, 0) is 12.8 Å². The van der Waals surface area contributed by atoms with Gasteiger partial charge >= 0.3 is 16.3 Å². The molecule has 0 aliphatic carbocycles. The molecule has 0 aliphatic heterocycles. The van der Waals surface area contributed by atoms with E-state index in [0.29, 0.717) is 0 Å². The molecule has 0 aromatic heterocycles. The maximum absolute atomic E-state index is 11.4. The molecule has 0 spiro atoms. The van der Waals surface area contributed by atoms with E-state index in [1.807, 2.05) is 13.8 Å². The monoisotopic (exact) mass is 253 g/mol. The molecule has 0 bridgehead atoms. The van der Waals surface area contributed by atoms with Crippen LogP contribution in [0, 0.1) is 5.92 Å². The van der Waals surface area contributed by atoms with Crippen LogP contribution < -0.4 is 15.2 Å². The van der Waals surface area contributed by atoms with Gasteiger partial charge in [0.05, 0.1) is 6.61 Å². The fraction of sp³-hybridized carbons (Fsp3) is 0.875. The summed E-state index contributed by atoms with van der Waals surface area (Å²) >= 11 is 0. The van der Waals surface area contributed by atoms with Crippen LogP contribution in [0.15, 0.2) is 0 Å². The Morgan fingerprint density at radius 3 is 2.38 bits per heavy atom. The van der Waals surface area contributed by atoms with Gasteiger partial charge in [-0.3, -0.25) is 0 Å². The Morgan fingerprint density at radius 2 is 2.00 bits per heavy atom. The minimum atomic E-state index is -3.91. The van der Waals surface area contributed by atoms with Crippen LogP contribution in [-0.4, -0.2) is 33.7 Å². The third-order valence-electron chi connectivity index (χ3n) is 1.86. The number of amides is 1. The predicted octanol–water partition coefficient (Wildman–Crippen LogP) is -0.450. The zero-order valence-corrected chi connectivity index (χ0v) is 10.5. The molecule has 0 aliphatic rings. The van der Waals surface area contributed by atoms with E-state index in [-0.39, 0.29) is 19.1 Å². The Morgan fingerprint density at radius 1 is 1.44 bits per heavy atom. The van der Waals surface area contributed by atoms with Crippen molar-refractivity contribution in [2.45, 2.75) is 26.8 Å². The molecule has 0 rings (SSSR count). The van der Waals surface area contributed by atoms with Gasteiger partial charge in [0.15, 0.2) is 0 Å². The highest BCUT2D eigenvalue weighted by atomic mass is 32.2. The summed E-state index contributed by atoms with van der Waals surface area (Å²) < 4.78 is 31.3. The zero-order chi connectivity index (χ0) is 12.8. The Bertz CT molecular complexity index is 315. The number of carbonyl (C=O) groups excluding carboxylic acids is 1. The molecule has 0 fully saturated rings. The van der Waals surface area contributed by atoms with Crippen LogP contribution in [0.5, 0.6) is 0 Å². The van der Waals surface area contributed by atoms with Crippen LogP contribution in [-0.2, 0) is 14.9 Å². The molecular formula is C8H19N3O4S. The molecule has 0 radical (unpaired) electrons. The summed E-state index contributed by atoms with van der Waals surface area (Å²) in [5, 5.41) is 0. The minimum Gasteiger partial charge on any atom is -0.449 e. The number of nitrogens with two attached hydrogens (primary N) is 1. The quantitative estimate of drug-likeness (QED) is 0.594. The number of hydrogen-bond donors (Lipinski definition) is 3. The van der Waals surface area contributed by atoms with E-state index in [1.54, 1.807) is 11.6 Å². The number of ether oxygens (including phenoxy) is 1. The van der Waals surface area contributed by atoms with E-state index >= 15 is 0 Å². The van der Waals surface area contributed by atoms with Crippen molar-refractivity contribution in [1.29, 1.82) is 0 Å². The summed E-state index contributed by atoms with van der Waals surface area (Å²) in [6.07, 6.45) is -1.01. The summed E-state index contributed by atoms with van der Waals surface area (Å²) in [5.41, 5.74) is 5.40. The Kier molecular flexibility index (Phi) is 6.31. The highest BCUT2D eigenvalue weighted by Crippen LogP contribution is 2.00. The van der Waals surface area contributed by atoms with Gasteiger partial charge in [0.2, 0.25) is 0 Å². The highest BCUT2D eigenvalue weighted by Gasteiger charge is 2.21. The Labute approximate surface area is 95.9 Å². The standard InChI is InChI=1S/C8H19N3O4S/c1-4-15-8(12)11-16(13,14)10-7(5-9)6(2)3/h6-7,10H,4-5,9H2,1-3H3,(H,11,12). The number of hydrogen-bond acceptors (Lipinski definition) is 5. The third-order valence-corrected chi connectivity index (χ3v) is 2.91. The molecule has 8 heteroatoms. The summed E-state index contributed by atoms with van der Waals surface area (Å²) in [5.74, 6) is 0.0313. The lowest BCUT2D eigenvalue weighted by molar-refractivity contribution is 0.158.